The summed E-state index contributed by atoms with van der Waals surface area (Å²) >= 11 is 1.60. The minimum Gasteiger partial charge on any atom is -0.504 e. The van der Waals surface area contributed by atoms with Gasteiger partial charge in [-0.3, -0.25) is 5.32 Å². The van der Waals surface area contributed by atoms with Crippen LogP contribution in [0, 0.1) is 5.82 Å². The lowest BCUT2D eigenvalue weighted by Gasteiger charge is -2.19. The summed E-state index contributed by atoms with van der Waals surface area (Å²) in [4.78, 5) is 11.8. The summed E-state index contributed by atoms with van der Waals surface area (Å²) in [6.07, 6.45) is 3.12. The van der Waals surface area contributed by atoms with E-state index in [1.807, 2.05) is 29.0 Å². The number of aromatic hydroxyl groups is 1. The molecule has 2 N–H and O–H groups in total. The monoisotopic (exact) mass is 427 g/mol. The highest BCUT2D eigenvalue weighted by Crippen LogP contribution is 2.34. The molecule has 7 heteroatoms. The van der Waals surface area contributed by atoms with Crippen molar-refractivity contribution in [3.8, 4) is 17.2 Å². The highest BCUT2D eigenvalue weighted by atomic mass is 32.1. The van der Waals surface area contributed by atoms with Crippen LogP contribution in [0.3, 0.4) is 0 Å². The molecule has 1 heterocycles. The maximum Gasteiger partial charge on any atom is 0.412 e. The largest absolute Gasteiger partial charge is 0.504 e. The molecule has 0 saturated carbocycles. The highest BCUT2D eigenvalue weighted by molar-refractivity contribution is 7.08. The minimum atomic E-state index is -0.690. The third-order valence-electron chi connectivity index (χ3n) is 3.79. The molecule has 0 bridgehead atoms. The summed E-state index contributed by atoms with van der Waals surface area (Å²) in [5.74, 6) is -0.766. The number of benzene rings is 2. The van der Waals surface area contributed by atoms with Crippen LogP contribution in [0.4, 0.5) is 14.9 Å². The molecule has 3 aromatic rings. The number of carbonyl (C=O) groups excluding carboxylic acids is 1. The van der Waals surface area contributed by atoms with E-state index in [0.717, 1.165) is 17.2 Å². The Kier molecular flexibility index (Phi) is 6.42. The Balaban J connectivity index is 1.68. The van der Waals surface area contributed by atoms with Gasteiger partial charge in [-0.1, -0.05) is 18.2 Å². The van der Waals surface area contributed by atoms with Crippen LogP contribution in [0.25, 0.3) is 12.2 Å². The zero-order valence-electron chi connectivity index (χ0n) is 16.8. The lowest BCUT2D eigenvalue weighted by atomic mass is 10.1. The summed E-state index contributed by atoms with van der Waals surface area (Å²) in [6, 6.07) is 10.8. The van der Waals surface area contributed by atoms with Crippen molar-refractivity contribution in [3.63, 3.8) is 0 Å². The SMILES string of the molecule is CC(C)(C)OC(=O)Nc1ccc(Oc2ccc(/C=C/c3ccsc3)cc2O)c(F)c1. The summed E-state index contributed by atoms with van der Waals surface area (Å²) in [6.45, 7) is 5.21. The zero-order chi connectivity index (χ0) is 21.7. The van der Waals surface area contributed by atoms with Gasteiger partial charge in [-0.25, -0.2) is 9.18 Å². The summed E-state index contributed by atoms with van der Waals surface area (Å²) in [5, 5.41) is 16.7. The van der Waals surface area contributed by atoms with Crippen LogP contribution in [-0.4, -0.2) is 16.8 Å². The fraction of sp³-hybridized carbons (Fsp3) is 0.174. The number of anilines is 1. The molecule has 0 aliphatic heterocycles. The standard InChI is InChI=1S/C23H22FNO4S/c1-23(2,3)29-22(27)25-17-7-9-20(18(24)13-17)28-21-8-6-15(12-19(21)26)4-5-16-10-11-30-14-16/h4-14,26H,1-3H3,(H,25,27)/b5-4+. The van der Waals surface area contributed by atoms with E-state index in [2.05, 4.69) is 5.32 Å². The van der Waals surface area contributed by atoms with Gasteiger partial charge in [0.05, 0.1) is 0 Å². The van der Waals surface area contributed by atoms with E-state index in [9.17, 15) is 14.3 Å². The molecule has 0 fully saturated rings. The first-order valence-electron chi connectivity index (χ1n) is 9.20. The maximum absolute atomic E-state index is 14.4. The molecule has 0 unspecified atom stereocenters. The van der Waals surface area contributed by atoms with Crippen molar-refractivity contribution in [2.24, 2.45) is 0 Å². The van der Waals surface area contributed by atoms with Gasteiger partial charge in [-0.2, -0.15) is 11.3 Å². The number of ether oxygens (including phenoxy) is 2. The molecule has 5 nitrogen and oxygen atoms in total. The predicted octanol–water partition coefficient (Wildman–Crippen LogP) is 6.90. The number of phenols is 1. The van der Waals surface area contributed by atoms with Crippen LogP contribution in [0.5, 0.6) is 17.2 Å². The van der Waals surface area contributed by atoms with Gasteiger partial charge in [0.25, 0.3) is 0 Å². The molecule has 30 heavy (non-hydrogen) atoms. The summed E-state index contributed by atoms with van der Waals surface area (Å²) < 4.78 is 25.0. The Hall–Kier alpha value is -3.32. The van der Waals surface area contributed by atoms with Crippen LogP contribution >= 0.6 is 11.3 Å². The Bertz CT molecular complexity index is 1060. The molecule has 3 rings (SSSR count). The molecule has 0 saturated heterocycles. The van der Waals surface area contributed by atoms with E-state index in [0.29, 0.717) is 0 Å². The van der Waals surface area contributed by atoms with Gasteiger partial charge in [-0.05, 0) is 73.0 Å². The molecular weight excluding hydrogens is 405 g/mol. The second kappa shape index (κ2) is 9.00. The van der Waals surface area contributed by atoms with Crippen molar-refractivity contribution >= 4 is 35.3 Å². The number of amides is 1. The van der Waals surface area contributed by atoms with Crippen LogP contribution in [0.15, 0.2) is 53.2 Å². The topological polar surface area (TPSA) is 67.8 Å². The van der Waals surface area contributed by atoms with Gasteiger partial charge >= 0.3 is 6.09 Å². The normalized spacial score (nSPS) is 11.5. The number of phenolic OH excluding ortho intramolecular Hbond substituents is 1. The van der Waals surface area contributed by atoms with Crippen LogP contribution in [0.1, 0.15) is 31.9 Å². The van der Waals surface area contributed by atoms with Crippen molar-refractivity contribution in [2.45, 2.75) is 26.4 Å². The lowest BCUT2D eigenvalue weighted by molar-refractivity contribution is 0.0636. The Morgan fingerprint density at radius 3 is 2.43 bits per heavy atom. The zero-order valence-corrected chi connectivity index (χ0v) is 17.6. The third kappa shape index (κ3) is 6.09. The first-order valence-corrected chi connectivity index (χ1v) is 10.1. The molecule has 0 aliphatic rings. The van der Waals surface area contributed by atoms with E-state index in [4.69, 9.17) is 9.47 Å². The van der Waals surface area contributed by atoms with Gasteiger partial charge in [0.15, 0.2) is 23.1 Å². The van der Waals surface area contributed by atoms with E-state index in [-0.39, 0.29) is 22.9 Å². The fourth-order valence-electron chi connectivity index (χ4n) is 2.49. The second-order valence-electron chi connectivity index (χ2n) is 7.49. The minimum absolute atomic E-state index is 0.0818. The average Bonchev–Trinajstić information content (AvgIpc) is 3.16. The van der Waals surface area contributed by atoms with Crippen molar-refractivity contribution in [2.75, 3.05) is 5.32 Å². The highest BCUT2D eigenvalue weighted by Gasteiger charge is 2.17. The number of hydrogen-bond acceptors (Lipinski definition) is 5. The maximum atomic E-state index is 14.4. The van der Waals surface area contributed by atoms with Gasteiger partial charge in [0, 0.05) is 11.8 Å². The second-order valence-corrected chi connectivity index (χ2v) is 8.27. The van der Waals surface area contributed by atoms with Crippen LogP contribution in [-0.2, 0) is 4.74 Å². The van der Waals surface area contributed by atoms with E-state index in [1.165, 1.54) is 18.2 Å². The van der Waals surface area contributed by atoms with Crippen LogP contribution in [0.2, 0.25) is 0 Å². The summed E-state index contributed by atoms with van der Waals surface area (Å²) in [7, 11) is 0. The first-order chi connectivity index (χ1) is 14.2. The predicted molar refractivity (Wildman–Crippen MR) is 118 cm³/mol. The van der Waals surface area contributed by atoms with Crippen LogP contribution < -0.4 is 10.1 Å². The average molecular weight is 427 g/mol. The molecule has 1 amide bonds. The third-order valence-corrected chi connectivity index (χ3v) is 4.49. The van der Waals surface area contributed by atoms with Gasteiger partial charge in [0.2, 0.25) is 0 Å². The summed E-state index contributed by atoms with van der Waals surface area (Å²) in [5.41, 5.74) is 1.42. The number of carbonyl (C=O) groups is 1. The van der Waals surface area contributed by atoms with Gasteiger partial charge < -0.3 is 14.6 Å². The number of hydrogen-bond donors (Lipinski definition) is 2. The number of nitrogens with one attached hydrogen (secondary N) is 1. The molecular formula is C23H22FNO4S. The van der Waals surface area contributed by atoms with Gasteiger partial charge in [-0.15, -0.1) is 0 Å². The smallest absolute Gasteiger partial charge is 0.412 e. The van der Waals surface area contributed by atoms with E-state index in [1.54, 1.807) is 44.2 Å². The molecule has 0 radical (unpaired) electrons. The quantitative estimate of drug-likeness (QED) is 0.465. The number of thiophene rings is 1. The molecule has 156 valence electrons. The molecule has 1 aromatic heterocycles. The number of rotatable bonds is 5. The Morgan fingerprint density at radius 2 is 1.80 bits per heavy atom. The number of halogens is 1. The van der Waals surface area contributed by atoms with E-state index >= 15 is 0 Å². The Morgan fingerprint density at radius 1 is 1.07 bits per heavy atom. The lowest BCUT2D eigenvalue weighted by Crippen LogP contribution is -2.27. The van der Waals surface area contributed by atoms with Crippen molar-refractivity contribution in [1.29, 1.82) is 0 Å². The van der Waals surface area contributed by atoms with Crippen molar-refractivity contribution in [3.05, 3.63) is 70.2 Å². The molecule has 0 spiro atoms. The van der Waals surface area contributed by atoms with E-state index < -0.39 is 17.5 Å². The van der Waals surface area contributed by atoms with Crippen molar-refractivity contribution in [1.82, 2.24) is 0 Å². The molecule has 0 aliphatic carbocycles. The first kappa shape index (κ1) is 21.4. The molecule has 0 atom stereocenters. The van der Waals surface area contributed by atoms with Crippen molar-refractivity contribution < 1.29 is 23.8 Å². The molecule has 2 aromatic carbocycles. The van der Waals surface area contributed by atoms with Gasteiger partial charge in [0.1, 0.15) is 5.60 Å². The Labute approximate surface area is 178 Å². The fourth-order valence-corrected chi connectivity index (χ4v) is 3.12.